The Balaban J connectivity index is 1.92. The fourth-order valence-electron chi connectivity index (χ4n) is 3.86. The zero-order valence-corrected chi connectivity index (χ0v) is 18.2. The second kappa shape index (κ2) is 8.75. The molecule has 0 radical (unpaired) electrons. The molecule has 0 bridgehead atoms. The lowest BCUT2D eigenvalue weighted by molar-refractivity contribution is 0.0730. The van der Waals surface area contributed by atoms with E-state index in [1.54, 1.807) is 48.9 Å². The summed E-state index contributed by atoms with van der Waals surface area (Å²) < 4.78 is 15.8. The molecular weight excluding hydrogens is 405 g/mol. The summed E-state index contributed by atoms with van der Waals surface area (Å²) in [5, 5.41) is 0.498. The van der Waals surface area contributed by atoms with Crippen molar-refractivity contribution in [3.63, 3.8) is 0 Å². The molecular formula is C26H24FN3O2. The van der Waals surface area contributed by atoms with Crippen LogP contribution in [0, 0.1) is 5.82 Å². The molecule has 1 heterocycles. The second-order valence-electron chi connectivity index (χ2n) is 7.68. The number of nitrogens with zero attached hydrogens (tertiary/aromatic N) is 3. The van der Waals surface area contributed by atoms with Crippen LogP contribution in [0.3, 0.4) is 0 Å². The summed E-state index contributed by atoms with van der Waals surface area (Å²) in [4.78, 5) is 32.9. The third kappa shape index (κ3) is 3.68. The van der Waals surface area contributed by atoms with E-state index in [4.69, 9.17) is 4.98 Å². The SMILES string of the molecule is CCc1ccccc1-n1c(C(C)N(C)C(=O)c2ccccc2F)nc2ccccc2c1=O. The van der Waals surface area contributed by atoms with Crippen molar-refractivity contribution in [1.82, 2.24) is 14.5 Å². The number of para-hydroxylation sites is 2. The van der Waals surface area contributed by atoms with Crippen LogP contribution in [0.15, 0.2) is 77.6 Å². The zero-order valence-electron chi connectivity index (χ0n) is 18.2. The average molecular weight is 429 g/mol. The van der Waals surface area contributed by atoms with E-state index >= 15 is 0 Å². The second-order valence-corrected chi connectivity index (χ2v) is 7.68. The lowest BCUT2D eigenvalue weighted by Gasteiger charge is -2.27. The summed E-state index contributed by atoms with van der Waals surface area (Å²) in [6.07, 6.45) is 0.729. The molecule has 0 aliphatic rings. The van der Waals surface area contributed by atoms with Crippen molar-refractivity contribution < 1.29 is 9.18 Å². The molecule has 162 valence electrons. The van der Waals surface area contributed by atoms with Gasteiger partial charge in [-0.1, -0.05) is 49.4 Å². The zero-order chi connectivity index (χ0) is 22.8. The van der Waals surface area contributed by atoms with Gasteiger partial charge in [0.25, 0.3) is 11.5 Å². The predicted octanol–water partition coefficient (Wildman–Crippen LogP) is 4.92. The van der Waals surface area contributed by atoms with Gasteiger partial charge in [-0.05, 0) is 49.2 Å². The molecule has 1 aromatic heterocycles. The highest BCUT2D eigenvalue weighted by molar-refractivity contribution is 5.94. The smallest absolute Gasteiger partial charge is 0.266 e. The molecule has 1 unspecified atom stereocenters. The molecule has 5 nitrogen and oxygen atoms in total. The van der Waals surface area contributed by atoms with Crippen molar-refractivity contribution >= 4 is 16.8 Å². The van der Waals surface area contributed by atoms with Crippen molar-refractivity contribution in [3.05, 3.63) is 106 Å². The van der Waals surface area contributed by atoms with E-state index in [2.05, 4.69) is 0 Å². The molecule has 0 N–H and O–H groups in total. The van der Waals surface area contributed by atoms with E-state index in [-0.39, 0.29) is 11.1 Å². The van der Waals surface area contributed by atoms with Crippen LogP contribution in [0.1, 0.15) is 41.6 Å². The average Bonchev–Trinajstić information content (AvgIpc) is 2.83. The Morgan fingerprint density at radius 3 is 2.44 bits per heavy atom. The third-order valence-electron chi connectivity index (χ3n) is 5.79. The van der Waals surface area contributed by atoms with E-state index in [0.29, 0.717) is 16.7 Å². The number of hydrogen-bond donors (Lipinski definition) is 0. The highest BCUT2D eigenvalue weighted by Crippen LogP contribution is 2.25. The minimum atomic E-state index is -0.593. The van der Waals surface area contributed by atoms with Crippen LogP contribution in [-0.4, -0.2) is 27.4 Å². The number of rotatable bonds is 5. The van der Waals surface area contributed by atoms with E-state index in [9.17, 15) is 14.0 Å². The van der Waals surface area contributed by atoms with E-state index in [1.807, 2.05) is 37.3 Å². The summed E-state index contributed by atoms with van der Waals surface area (Å²) in [6, 6.07) is 20.1. The molecule has 0 saturated carbocycles. The first-order valence-corrected chi connectivity index (χ1v) is 10.6. The summed E-state index contributed by atoms with van der Waals surface area (Å²) in [5.74, 6) is -0.646. The van der Waals surface area contributed by atoms with Crippen LogP contribution in [-0.2, 0) is 6.42 Å². The van der Waals surface area contributed by atoms with Gasteiger partial charge in [0.2, 0.25) is 0 Å². The van der Waals surface area contributed by atoms with Gasteiger partial charge >= 0.3 is 0 Å². The summed E-state index contributed by atoms with van der Waals surface area (Å²) in [6.45, 7) is 3.82. The molecule has 0 aliphatic heterocycles. The monoisotopic (exact) mass is 429 g/mol. The van der Waals surface area contributed by atoms with Gasteiger partial charge < -0.3 is 4.90 Å². The Morgan fingerprint density at radius 2 is 1.69 bits per heavy atom. The summed E-state index contributed by atoms with van der Waals surface area (Å²) in [5.41, 5.74) is 2.04. The molecule has 0 saturated heterocycles. The highest BCUT2D eigenvalue weighted by atomic mass is 19.1. The van der Waals surface area contributed by atoms with Gasteiger partial charge in [-0.2, -0.15) is 0 Å². The van der Waals surface area contributed by atoms with Gasteiger partial charge in [0.05, 0.1) is 28.2 Å². The quantitative estimate of drug-likeness (QED) is 0.452. The first-order chi connectivity index (χ1) is 15.4. The van der Waals surface area contributed by atoms with Crippen molar-refractivity contribution in [2.45, 2.75) is 26.3 Å². The summed E-state index contributed by atoms with van der Waals surface area (Å²) in [7, 11) is 1.59. The topological polar surface area (TPSA) is 55.2 Å². The van der Waals surface area contributed by atoms with Crippen LogP contribution in [0.2, 0.25) is 0 Å². The van der Waals surface area contributed by atoms with Crippen molar-refractivity contribution in [3.8, 4) is 5.69 Å². The van der Waals surface area contributed by atoms with Crippen molar-refractivity contribution in [2.75, 3.05) is 7.05 Å². The Hall–Kier alpha value is -3.80. The van der Waals surface area contributed by atoms with Crippen LogP contribution in [0.5, 0.6) is 0 Å². The van der Waals surface area contributed by atoms with Crippen LogP contribution >= 0.6 is 0 Å². The fourth-order valence-corrected chi connectivity index (χ4v) is 3.86. The van der Waals surface area contributed by atoms with Gasteiger partial charge in [0.1, 0.15) is 11.6 Å². The van der Waals surface area contributed by atoms with Gasteiger partial charge in [-0.15, -0.1) is 0 Å². The number of fused-ring (bicyclic) bond motifs is 1. The molecule has 1 atom stereocenters. The van der Waals surface area contributed by atoms with Gasteiger partial charge in [0, 0.05) is 7.05 Å². The van der Waals surface area contributed by atoms with Crippen molar-refractivity contribution in [2.24, 2.45) is 0 Å². The third-order valence-corrected chi connectivity index (χ3v) is 5.79. The van der Waals surface area contributed by atoms with Gasteiger partial charge in [-0.25, -0.2) is 9.37 Å². The molecule has 3 aromatic carbocycles. The van der Waals surface area contributed by atoms with Gasteiger partial charge in [0.15, 0.2) is 0 Å². The van der Waals surface area contributed by atoms with Crippen LogP contribution < -0.4 is 5.56 Å². The normalized spacial score (nSPS) is 12.0. The molecule has 4 aromatic rings. The first kappa shape index (κ1) is 21.4. The van der Waals surface area contributed by atoms with Crippen LogP contribution in [0.4, 0.5) is 4.39 Å². The van der Waals surface area contributed by atoms with Gasteiger partial charge in [-0.3, -0.25) is 14.2 Å². The molecule has 1 amide bonds. The number of carbonyl (C=O) groups excluding carboxylic acids is 1. The fraction of sp³-hybridized carbons (Fsp3) is 0.192. The number of aryl methyl sites for hydroxylation is 1. The Kier molecular flexibility index (Phi) is 5.86. The maximum atomic E-state index is 14.3. The number of aromatic nitrogens is 2. The first-order valence-electron chi connectivity index (χ1n) is 10.6. The molecule has 4 rings (SSSR count). The minimum absolute atomic E-state index is 0.0227. The van der Waals surface area contributed by atoms with Crippen molar-refractivity contribution in [1.29, 1.82) is 0 Å². The maximum Gasteiger partial charge on any atom is 0.266 e. The van der Waals surface area contributed by atoms with E-state index in [1.165, 1.54) is 17.0 Å². The number of amides is 1. The van der Waals surface area contributed by atoms with E-state index < -0.39 is 17.8 Å². The molecule has 0 aliphatic carbocycles. The van der Waals surface area contributed by atoms with Crippen LogP contribution in [0.25, 0.3) is 16.6 Å². The number of benzene rings is 3. The minimum Gasteiger partial charge on any atom is -0.332 e. The Labute approximate surface area is 185 Å². The molecule has 0 fully saturated rings. The highest BCUT2D eigenvalue weighted by Gasteiger charge is 2.26. The molecule has 0 spiro atoms. The lowest BCUT2D eigenvalue weighted by Crippen LogP contribution is -2.35. The van der Waals surface area contributed by atoms with E-state index in [0.717, 1.165) is 17.7 Å². The number of hydrogen-bond acceptors (Lipinski definition) is 3. The lowest BCUT2D eigenvalue weighted by atomic mass is 10.1. The largest absolute Gasteiger partial charge is 0.332 e. The Bertz CT molecular complexity index is 1360. The Morgan fingerprint density at radius 1 is 1.03 bits per heavy atom. The maximum absolute atomic E-state index is 14.3. The number of carbonyl (C=O) groups is 1. The predicted molar refractivity (Wildman–Crippen MR) is 124 cm³/mol. The molecule has 32 heavy (non-hydrogen) atoms. The standard InChI is InChI=1S/C26H24FN3O2/c1-4-18-11-5-10-16-23(18)30-24(28-22-15-9-7-13-20(22)26(30)32)17(2)29(3)25(31)19-12-6-8-14-21(19)27/h5-17H,4H2,1-3H3. The summed E-state index contributed by atoms with van der Waals surface area (Å²) >= 11 is 0. The molecule has 6 heteroatoms. The number of halogens is 1.